The molecule has 0 bridgehead atoms. The first-order valence-corrected chi connectivity index (χ1v) is 7.08. The van der Waals surface area contributed by atoms with Crippen LogP contribution in [-0.2, 0) is 11.2 Å². The number of hydrogen-bond donors (Lipinski definition) is 1. The second kappa shape index (κ2) is 6.86. The van der Waals surface area contributed by atoms with E-state index in [4.69, 9.17) is 10.5 Å². The van der Waals surface area contributed by atoms with E-state index in [2.05, 4.69) is 4.98 Å². The largest absolute Gasteiger partial charge is 0.373 e. The number of pyridine rings is 1. The molecule has 100 valence electrons. The molecule has 0 radical (unpaired) electrons. The van der Waals surface area contributed by atoms with E-state index in [9.17, 15) is 0 Å². The summed E-state index contributed by atoms with van der Waals surface area (Å²) >= 11 is 0. The first-order chi connectivity index (χ1) is 8.85. The fraction of sp³-hybridized carbons (Fsp3) is 0.667. The standard InChI is InChI=1S/C15H24N2O/c16-13-15(8-3-1-2-4-9-15)18-12-7-14-5-10-17-11-6-14/h5-6,10-11H,1-4,7-9,12-13,16H2. The Morgan fingerprint density at radius 2 is 1.78 bits per heavy atom. The summed E-state index contributed by atoms with van der Waals surface area (Å²) in [5.41, 5.74) is 7.18. The van der Waals surface area contributed by atoms with Gasteiger partial charge in [-0.05, 0) is 37.0 Å². The van der Waals surface area contributed by atoms with Crippen LogP contribution in [0.1, 0.15) is 44.1 Å². The SMILES string of the molecule is NCC1(OCCc2ccncc2)CCCCCC1. The molecule has 0 aromatic carbocycles. The van der Waals surface area contributed by atoms with Crippen molar-refractivity contribution >= 4 is 0 Å². The summed E-state index contributed by atoms with van der Waals surface area (Å²) in [6.07, 6.45) is 12.0. The Labute approximate surface area is 110 Å². The number of nitrogens with zero attached hydrogens (tertiary/aromatic N) is 1. The average Bonchev–Trinajstić information content (AvgIpc) is 2.66. The van der Waals surface area contributed by atoms with Gasteiger partial charge in [0.1, 0.15) is 0 Å². The topological polar surface area (TPSA) is 48.1 Å². The molecule has 1 aromatic rings. The lowest BCUT2D eigenvalue weighted by molar-refractivity contribution is -0.0479. The molecule has 0 spiro atoms. The van der Waals surface area contributed by atoms with Gasteiger partial charge in [-0.3, -0.25) is 4.98 Å². The van der Waals surface area contributed by atoms with Crippen molar-refractivity contribution in [2.45, 2.75) is 50.5 Å². The third-order valence-electron chi connectivity index (χ3n) is 3.94. The van der Waals surface area contributed by atoms with Gasteiger partial charge in [-0.2, -0.15) is 0 Å². The minimum Gasteiger partial charge on any atom is -0.373 e. The number of nitrogens with two attached hydrogens (primary N) is 1. The van der Waals surface area contributed by atoms with E-state index in [0.717, 1.165) is 25.9 Å². The number of aromatic nitrogens is 1. The summed E-state index contributed by atoms with van der Waals surface area (Å²) in [4.78, 5) is 4.02. The molecule has 0 amide bonds. The summed E-state index contributed by atoms with van der Waals surface area (Å²) in [5.74, 6) is 0. The van der Waals surface area contributed by atoms with E-state index < -0.39 is 0 Å². The quantitative estimate of drug-likeness (QED) is 0.815. The highest BCUT2D eigenvalue weighted by Crippen LogP contribution is 2.29. The molecule has 2 N–H and O–H groups in total. The van der Waals surface area contributed by atoms with Crippen LogP contribution in [0.5, 0.6) is 0 Å². The maximum absolute atomic E-state index is 6.16. The molecular formula is C15H24N2O. The van der Waals surface area contributed by atoms with Gasteiger partial charge >= 0.3 is 0 Å². The van der Waals surface area contributed by atoms with E-state index >= 15 is 0 Å². The van der Waals surface area contributed by atoms with Gasteiger partial charge in [0.05, 0.1) is 12.2 Å². The smallest absolute Gasteiger partial charge is 0.0804 e. The van der Waals surface area contributed by atoms with Crippen LogP contribution in [-0.4, -0.2) is 23.7 Å². The molecule has 0 aliphatic heterocycles. The van der Waals surface area contributed by atoms with E-state index in [0.29, 0.717) is 6.54 Å². The normalized spacial score (nSPS) is 19.4. The Bertz CT molecular complexity index is 332. The Balaban J connectivity index is 1.83. The van der Waals surface area contributed by atoms with Crippen LogP contribution in [0.4, 0.5) is 0 Å². The molecule has 1 saturated carbocycles. The molecule has 3 heteroatoms. The van der Waals surface area contributed by atoms with Gasteiger partial charge in [0.15, 0.2) is 0 Å². The Morgan fingerprint density at radius 1 is 1.11 bits per heavy atom. The summed E-state index contributed by atoms with van der Waals surface area (Å²) in [6.45, 7) is 1.42. The van der Waals surface area contributed by atoms with Gasteiger partial charge in [0, 0.05) is 18.9 Å². The lowest BCUT2D eigenvalue weighted by Gasteiger charge is -2.31. The first kappa shape index (κ1) is 13.5. The van der Waals surface area contributed by atoms with Gasteiger partial charge in [0.2, 0.25) is 0 Å². The highest BCUT2D eigenvalue weighted by molar-refractivity contribution is 5.09. The van der Waals surface area contributed by atoms with Crippen molar-refractivity contribution in [1.82, 2.24) is 4.98 Å². The summed E-state index contributed by atoms with van der Waals surface area (Å²) in [7, 11) is 0. The average molecular weight is 248 g/mol. The highest BCUT2D eigenvalue weighted by atomic mass is 16.5. The van der Waals surface area contributed by atoms with Gasteiger partial charge < -0.3 is 10.5 Å². The van der Waals surface area contributed by atoms with Crippen LogP contribution in [0, 0.1) is 0 Å². The third-order valence-corrected chi connectivity index (χ3v) is 3.94. The minimum absolute atomic E-state index is 0.0521. The molecule has 1 heterocycles. The molecule has 18 heavy (non-hydrogen) atoms. The fourth-order valence-electron chi connectivity index (χ4n) is 2.72. The third kappa shape index (κ3) is 3.79. The maximum atomic E-state index is 6.16. The van der Waals surface area contributed by atoms with Crippen molar-refractivity contribution < 1.29 is 4.74 Å². The van der Waals surface area contributed by atoms with Crippen molar-refractivity contribution in [2.75, 3.05) is 13.2 Å². The first-order valence-electron chi connectivity index (χ1n) is 7.08. The molecule has 1 fully saturated rings. The molecule has 3 nitrogen and oxygen atoms in total. The van der Waals surface area contributed by atoms with Crippen molar-refractivity contribution in [3.05, 3.63) is 30.1 Å². The predicted octanol–water partition coefficient (Wildman–Crippen LogP) is 2.69. The maximum Gasteiger partial charge on any atom is 0.0804 e. The monoisotopic (exact) mass is 248 g/mol. The van der Waals surface area contributed by atoms with E-state index in [1.807, 2.05) is 24.5 Å². The summed E-state index contributed by atoms with van der Waals surface area (Å²) in [6, 6.07) is 4.09. The van der Waals surface area contributed by atoms with Crippen molar-refractivity contribution in [3.63, 3.8) is 0 Å². The van der Waals surface area contributed by atoms with E-state index in [1.54, 1.807) is 0 Å². The van der Waals surface area contributed by atoms with Crippen LogP contribution in [0.2, 0.25) is 0 Å². The zero-order valence-corrected chi connectivity index (χ0v) is 11.1. The molecule has 0 atom stereocenters. The molecule has 2 rings (SSSR count). The van der Waals surface area contributed by atoms with Crippen LogP contribution < -0.4 is 5.73 Å². The second-order valence-corrected chi connectivity index (χ2v) is 5.26. The van der Waals surface area contributed by atoms with Gasteiger partial charge in [-0.1, -0.05) is 25.7 Å². The van der Waals surface area contributed by atoms with Crippen LogP contribution >= 0.6 is 0 Å². The number of rotatable bonds is 5. The lowest BCUT2D eigenvalue weighted by Crippen LogP contribution is -2.40. The van der Waals surface area contributed by atoms with Gasteiger partial charge in [-0.15, -0.1) is 0 Å². The second-order valence-electron chi connectivity index (χ2n) is 5.26. The molecule has 1 aliphatic carbocycles. The Morgan fingerprint density at radius 3 is 2.39 bits per heavy atom. The molecule has 0 saturated heterocycles. The lowest BCUT2D eigenvalue weighted by atomic mass is 9.94. The highest BCUT2D eigenvalue weighted by Gasteiger charge is 2.29. The molecule has 1 aliphatic rings. The summed E-state index contributed by atoms with van der Waals surface area (Å²) in [5, 5.41) is 0. The van der Waals surface area contributed by atoms with Crippen LogP contribution in [0.25, 0.3) is 0 Å². The summed E-state index contributed by atoms with van der Waals surface area (Å²) < 4.78 is 6.16. The Hall–Kier alpha value is -0.930. The number of ether oxygens (including phenoxy) is 1. The Kier molecular flexibility index (Phi) is 5.14. The minimum atomic E-state index is -0.0521. The van der Waals surface area contributed by atoms with Gasteiger partial charge in [0.25, 0.3) is 0 Å². The molecule has 0 unspecified atom stereocenters. The van der Waals surface area contributed by atoms with E-state index in [-0.39, 0.29) is 5.60 Å². The van der Waals surface area contributed by atoms with Gasteiger partial charge in [-0.25, -0.2) is 0 Å². The van der Waals surface area contributed by atoms with Crippen molar-refractivity contribution in [2.24, 2.45) is 5.73 Å². The zero-order chi connectivity index (χ0) is 12.7. The van der Waals surface area contributed by atoms with Crippen LogP contribution in [0.15, 0.2) is 24.5 Å². The molecular weight excluding hydrogens is 224 g/mol. The zero-order valence-electron chi connectivity index (χ0n) is 11.1. The number of hydrogen-bond acceptors (Lipinski definition) is 3. The fourth-order valence-corrected chi connectivity index (χ4v) is 2.72. The molecule has 1 aromatic heterocycles. The predicted molar refractivity (Wildman–Crippen MR) is 73.4 cm³/mol. The van der Waals surface area contributed by atoms with E-state index in [1.165, 1.54) is 31.2 Å². The van der Waals surface area contributed by atoms with Crippen molar-refractivity contribution in [3.8, 4) is 0 Å². The van der Waals surface area contributed by atoms with Crippen molar-refractivity contribution in [1.29, 1.82) is 0 Å². The van der Waals surface area contributed by atoms with Crippen LogP contribution in [0.3, 0.4) is 0 Å².